The van der Waals surface area contributed by atoms with Crippen molar-refractivity contribution in [3.8, 4) is 5.75 Å². The fourth-order valence-electron chi connectivity index (χ4n) is 1.92. The van der Waals surface area contributed by atoms with Crippen LogP contribution >= 0.6 is 0 Å². The van der Waals surface area contributed by atoms with Gasteiger partial charge < -0.3 is 10.1 Å². The quantitative estimate of drug-likeness (QED) is 0.836. The van der Waals surface area contributed by atoms with Gasteiger partial charge in [0.25, 0.3) is 5.91 Å². The molecule has 0 unspecified atom stereocenters. The Kier molecular flexibility index (Phi) is 5.26. The van der Waals surface area contributed by atoms with Crippen LogP contribution in [0.25, 0.3) is 0 Å². The highest BCUT2D eigenvalue weighted by Gasteiger charge is 2.15. The van der Waals surface area contributed by atoms with E-state index in [-0.39, 0.29) is 6.61 Å². The molecule has 23 heavy (non-hydrogen) atoms. The highest BCUT2D eigenvalue weighted by Crippen LogP contribution is 2.21. The first kappa shape index (κ1) is 16.9. The number of hydrogen-bond donors (Lipinski definition) is 1. The number of nitrogens with one attached hydrogen (secondary N) is 1. The summed E-state index contributed by atoms with van der Waals surface area (Å²) in [6.07, 6.45) is 0. The van der Waals surface area contributed by atoms with Crippen molar-refractivity contribution < 1.29 is 22.7 Å². The fraction of sp³-hybridized carbons (Fsp3) is 0.235. The van der Waals surface area contributed by atoms with Gasteiger partial charge in [0.2, 0.25) is 0 Å². The van der Waals surface area contributed by atoms with Gasteiger partial charge in [-0.1, -0.05) is 26.0 Å². The molecule has 0 radical (unpaired) electrons. The Hall–Kier alpha value is -2.50. The zero-order chi connectivity index (χ0) is 17.0. The number of benzene rings is 2. The predicted molar refractivity (Wildman–Crippen MR) is 81.0 cm³/mol. The minimum absolute atomic E-state index is 0.309. The van der Waals surface area contributed by atoms with Crippen LogP contribution in [-0.2, 0) is 4.79 Å². The number of halogens is 3. The Bertz CT molecular complexity index is 717. The van der Waals surface area contributed by atoms with Crippen molar-refractivity contribution in [1.29, 1.82) is 0 Å². The van der Waals surface area contributed by atoms with Crippen molar-refractivity contribution in [3.05, 3.63) is 59.4 Å². The Labute approximate surface area is 132 Å². The van der Waals surface area contributed by atoms with Gasteiger partial charge in [0.1, 0.15) is 5.75 Å². The van der Waals surface area contributed by atoms with Crippen LogP contribution in [0.1, 0.15) is 25.3 Å². The van der Waals surface area contributed by atoms with Crippen molar-refractivity contribution in [2.75, 3.05) is 11.9 Å². The standard InChI is InChI=1S/C17H16F3NO2/c1-10(2)11-4-3-5-12(8-11)23-9-15(22)21-14-7-6-13(18)16(19)17(14)20/h3-8,10H,9H2,1-2H3,(H,21,22). The largest absolute Gasteiger partial charge is 0.484 e. The van der Waals surface area contributed by atoms with Crippen LogP contribution in [-0.4, -0.2) is 12.5 Å². The van der Waals surface area contributed by atoms with Crippen LogP contribution in [0.4, 0.5) is 18.9 Å². The molecule has 2 aromatic carbocycles. The van der Waals surface area contributed by atoms with Gasteiger partial charge in [0.05, 0.1) is 5.69 Å². The summed E-state index contributed by atoms with van der Waals surface area (Å²) in [4.78, 5) is 11.7. The number of rotatable bonds is 5. The van der Waals surface area contributed by atoms with E-state index in [1.807, 2.05) is 19.9 Å². The average molecular weight is 323 g/mol. The Morgan fingerprint density at radius 1 is 1.13 bits per heavy atom. The minimum atomic E-state index is -1.63. The highest BCUT2D eigenvalue weighted by atomic mass is 19.2. The second-order valence-electron chi connectivity index (χ2n) is 5.29. The predicted octanol–water partition coefficient (Wildman–Crippen LogP) is 4.24. The van der Waals surface area contributed by atoms with Gasteiger partial charge in [-0.3, -0.25) is 4.79 Å². The molecule has 3 nitrogen and oxygen atoms in total. The van der Waals surface area contributed by atoms with Crippen LogP contribution in [0.5, 0.6) is 5.75 Å². The molecule has 1 amide bonds. The number of amides is 1. The van der Waals surface area contributed by atoms with Crippen molar-refractivity contribution in [2.24, 2.45) is 0 Å². The summed E-state index contributed by atoms with van der Waals surface area (Å²) in [5, 5.41) is 2.14. The van der Waals surface area contributed by atoms with Gasteiger partial charge in [0.15, 0.2) is 24.1 Å². The molecule has 2 aromatic rings. The maximum Gasteiger partial charge on any atom is 0.262 e. The zero-order valence-electron chi connectivity index (χ0n) is 12.7. The molecule has 0 heterocycles. The molecule has 0 aliphatic rings. The van der Waals surface area contributed by atoms with Gasteiger partial charge in [-0.15, -0.1) is 0 Å². The SMILES string of the molecule is CC(C)c1cccc(OCC(=O)Nc2ccc(F)c(F)c2F)c1. The Balaban J connectivity index is 1.98. The molecule has 0 atom stereocenters. The van der Waals surface area contributed by atoms with Gasteiger partial charge in [-0.25, -0.2) is 13.2 Å². The summed E-state index contributed by atoms with van der Waals surface area (Å²) >= 11 is 0. The maximum absolute atomic E-state index is 13.5. The van der Waals surface area contributed by atoms with E-state index in [0.717, 1.165) is 17.7 Å². The Morgan fingerprint density at radius 2 is 1.87 bits per heavy atom. The van der Waals surface area contributed by atoms with Gasteiger partial charge in [-0.05, 0) is 35.7 Å². The number of anilines is 1. The summed E-state index contributed by atoms with van der Waals surface area (Å²) in [5.41, 5.74) is 0.614. The zero-order valence-corrected chi connectivity index (χ0v) is 12.7. The average Bonchev–Trinajstić information content (AvgIpc) is 2.54. The normalized spacial score (nSPS) is 10.7. The van der Waals surface area contributed by atoms with E-state index in [0.29, 0.717) is 11.7 Å². The summed E-state index contributed by atoms with van der Waals surface area (Å²) < 4.78 is 44.7. The lowest BCUT2D eigenvalue weighted by Crippen LogP contribution is -2.21. The van der Waals surface area contributed by atoms with E-state index in [1.54, 1.807) is 18.2 Å². The molecular weight excluding hydrogens is 307 g/mol. The lowest BCUT2D eigenvalue weighted by Gasteiger charge is -2.11. The molecule has 0 fully saturated rings. The molecule has 0 bridgehead atoms. The minimum Gasteiger partial charge on any atom is -0.484 e. The third-order valence-corrected chi connectivity index (χ3v) is 3.20. The van der Waals surface area contributed by atoms with Crippen molar-refractivity contribution in [2.45, 2.75) is 19.8 Å². The molecule has 122 valence electrons. The van der Waals surface area contributed by atoms with E-state index in [1.165, 1.54) is 0 Å². The van der Waals surface area contributed by atoms with Crippen molar-refractivity contribution in [3.63, 3.8) is 0 Å². The molecule has 0 aliphatic carbocycles. The molecule has 6 heteroatoms. The second-order valence-corrected chi connectivity index (χ2v) is 5.29. The lowest BCUT2D eigenvalue weighted by molar-refractivity contribution is -0.118. The molecule has 1 N–H and O–H groups in total. The number of hydrogen-bond acceptors (Lipinski definition) is 2. The van der Waals surface area contributed by atoms with Crippen LogP contribution < -0.4 is 10.1 Å². The summed E-state index contributed by atoms with van der Waals surface area (Å²) in [7, 11) is 0. The summed E-state index contributed by atoms with van der Waals surface area (Å²) in [6.45, 7) is 3.68. The molecular formula is C17H16F3NO2. The van der Waals surface area contributed by atoms with E-state index in [4.69, 9.17) is 4.74 Å². The first-order chi connectivity index (χ1) is 10.9. The third kappa shape index (κ3) is 4.25. The topological polar surface area (TPSA) is 38.3 Å². The first-order valence-electron chi connectivity index (χ1n) is 7.04. The van der Waals surface area contributed by atoms with Gasteiger partial charge >= 0.3 is 0 Å². The van der Waals surface area contributed by atoms with Crippen LogP contribution in [0.3, 0.4) is 0 Å². The molecule has 0 aromatic heterocycles. The second kappa shape index (κ2) is 7.17. The van der Waals surface area contributed by atoms with Crippen molar-refractivity contribution in [1.82, 2.24) is 0 Å². The number of carbonyl (C=O) groups is 1. The Morgan fingerprint density at radius 3 is 2.57 bits per heavy atom. The van der Waals surface area contributed by atoms with Crippen LogP contribution in [0, 0.1) is 17.5 Å². The van der Waals surface area contributed by atoms with Crippen LogP contribution in [0.2, 0.25) is 0 Å². The first-order valence-corrected chi connectivity index (χ1v) is 7.04. The van der Waals surface area contributed by atoms with Gasteiger partial charge in [0, 0.05) is 0 Å². The van der Waals surface area contributed by atoms with Gasteiger partial charge in [-0.2, -0.15) is 0 Å². The van der Waals surface area contributed by atoms with Crippen LogP contribution in [0.15, 0.2) is 36.4 Å². The number of ether oxygens (including phenoxy) is 1. The summed E-state index contributed by atoms with van der Waals surface area (Å²) in [5.74, 6) is -4.26. The lowest BCUT2D eigenvalue weighted by atomic mass is 10.0. The third-order valence-electron chi connectivity index (χ3n) is 3.20. The maximum atomic E-state index is 13.5. The van der Waals surface area contributed by atoms with E-state index >= 15 is 0 Å². The van der Waals surface area contributed by atoms with E-state index in [2.05, 4.69) is 5.32 Å². The molecule has 0 spiro atoms. The molecule has 0 saturated heterocycles. The monoisotopic (exact) mass is 323 g/mol. The molecule has 0 saturated carbocycles. The smallest absolute Gasteiger partial charge is 0.262 e. The molecule has 2 rings (SSSR count). The number of carbonyl (C=O) groups excluding carboxylic acids is 1. The summed E-state index contributed by atoms with van der Waals surface area (Å²) in [6, 6.07) is 8.92. The molecule has 0 aliphatic heterocycles. The van der Waals surface area contributed by atoms with E-state index < -0.39 is 29.0 Å². The van der Waals surface area contributed by atoms with E-state index in [9.17, 15) is 18.0 Å². The fourth-order valence-corrected chi connectivity index (χ4v) is 1.92. The van der Waals surface area contributed by atoms with Crippen molar-refractivity contribution >= 4 is 11.6 Å². The highest BCUT2D eigenvalue weighted by molar-refractivity contribution is 5.92.